The number of nitrogens with one attached hydrogen (secondary N) is 1. The predicted octanol–water partition coefficient (Wildman–Crippen LogP) is 3.43. The number of H-pyrrole nitrogens is 1. The summed E-state index contributed by atoms with van der Waals surface area (Å²) in [5.74, 6) is -0.928. The van der Waals surface area contributed by atoms with Gasteiger partial charge in [-0.25, -0.2) is 4.39 Å². The lowest BCUT2D eigenvalue weighted by molar-refractivity contribution is 0.103. The van der Waals surface area contributed by atoms with Gasteiger partial charge in [0.1, 0.15) is 5.82 Å². The number of fused-ring (bicyclic) bond motifs is 1. The summed E-state index contributed by atoms with van der Waals surface area (Å²) in [6.07, 6.45) is 1.61. The molecule has 0 fully saturated rings. The Kier molecular flexibility index (Phi) is 2.79. The maximum atomic E-state index is 13.8. The molecular weight excluding hydrogens is 255 g/mol. The molecule has 0 unspecified atom stereocenters. The van der Waals surface area contributed by atoms with E-state index in [2.05, 4.69) is 4.98 Å². The molecule has 0 bridgehead atoms. The van der Waals surface area contributed by atoms with Crippen LogP contribution in [0.15, 0.2) is 42.6 Å². The fourth-order valence-electron chi connectivity index (χ4n) is 2.41. The second-order valence-electron chi connectivity index (χ2n) is 4.77. The summed E-state index contributed by atoms with van der Waals surface area (Å²) in [4.78, 5) is 15.6. The molecule has 4 heteroatoms. The number of rotatable bonds is 2. The van der Waals surface area contributed by atoms with Gasteiger partial charge in [0.25, 0.3) is 0 Å². The van der Waals surface area contributed by atoms with E-state index in [9.17, 15) is 9.18 Å². The van der Waals surface area contributed by atoms with Crippen molar-refractivity contribution in [2.75, 3.05) is 5.73 Å². The van der Waals surface area contributed by atoms with E-state index in [1.54, 1.807) is 6.20 Å². The first-order chi connectivity index (χ1) is 9.58. The van der Waals surface area contributed by atoms with Gasteiger partial charge in [0.2, 0.25) is 0 Å². The number of hydrogen-bond donors (Lipinski definition) is 2. The number of carbonyl (C=O) groups excluding carboxylic acids is 1. The van der Waals surface area contributed by atoms with Crippen LogP contribution < -0.4 is 5.73 Å². The zero-order chi connectivity index (χ0) is 14.3. The molecule has 0 saturated carbocycles. The van der Waals surface area contributed by atoms with E-state index < -0.39 is 5.82 Å². The molecule has 0 aliphatic rings. The molecule has 3 N–H and O–H groups in total. The van der Waals surface area contributed by atoms with Gasteiger partial charge < -0.3 is 10.7 Å². The van der Waals surface area contributed by atoms with Gasteiger partial charge in [0.05, 0.1) is 5.56 Å². The van der Waals surface area contributed by atoms with Crippen molar-refractivity contribution in [3.05, 3.63) is 65.1 Å². The molecule has 1 aromatic heterocycles. The average molecular weight is 268 g/mol. The van der Waals surface area contributed by atoms with Gasteiger partial charge in [-0.1, -0.05) is 12.1 Å². The quantitative estimate of drug-likeness (QED) is 0.552. The molecule has 0 spiro atoms. The Hall–Kier alpha value is -2.62. The fraction of sp³-hybridized carbons (Fsp3) is 0.0625. The minimum Gasteiger partial charge on any atom is -0.399 e. The third-order valence-corrected chi connectivity index (χ3v) is 3.39. The molecule has 3 rings (SSSR count). The number of aryl methyl sites for hydroxylation is 1. The molecule has 0 radical (unpaired) electrons. The number of benzene rings is 2. The van der Waals surface area contributed by atoms with Crippen molar-refractivity contribution in [3.8, 4) is 0 Å². The standard InChI is InChI=1S/C16H13FN2O/c1-9-3-2-4-14-15(9)12(8-19-14)16(20)11-7-10(18)5-6-13(11)17/h2-8,19H,18H2,1H3. The summed E-state index contributed by atoms with van der Waals surface area (Å²) in [7, 11) is 0. The minimum absolute atomic E-state index is 0.00541. The third kappa shape index (κ3) is 1.86. The molecule has 2 aromatic carbocycles. The first-order valence-electron chi connectivity index (χ1n) is 6.24. The van der Waals surface area contributed by atoms with Crippen molar-refractivity contribution in [3.63, 3.8) is 0 Å². The van der Waals surface area contributed by atoms with Crippen LogP contribution in [0.2, 0.25) is 0 Å². The maximum Gasteiger partial charge on any atom is 0.198 e. The van der Waals surface area contributed by atoms with Crippen LogP contribution >= 0.6 is 0 Å². The summed E-state index contributed by atoms with van der Waals surface area (Å²) in [5.41, 5.74) is 8.28. The van der Waals surface area contributed by atoms with Crippen molar-refractivity contribution in [1.29, 1.82) is 0 Å². The topological polar surface area (TPSA) is 58.9 Å². The highest BCUT2D eigenvalue weighted by Crippen LogP contribution is 2.25. The number of halogens is 1. The Balaban J connectivity index is 2.21. The molecular formula is C16H13FN2O. The molecule has 0 aliphatic heterocycles. The number of ketones is 1. The van der Waals surface area contributed by atoms with E-state index >= 15 is 0 Å². The zero-order valence-electron chi connectivity index (χ0n) is 10.9. The normalized spacial score (nSPS) is 10.9. The minimum atomic E-state index is -0.563. The van der Waals surface area contributed by atoms with E-state index in [-0.39, 0.29) is 11.3 Å². The van der Waals surface area contributed by atoms with E-state index in [0.717, 1.165) is 16.5 Å². The Morgan fingerprint density at radius 3 is 2.80 bits per heavy atom. The van der Waals surface area contributed by atoms with E-state index in [4.69, 9.17) is 5.73 Å². The van der Waals surface area contributed by atoms with Crippen LogP contribution in [0.1, 0.15) is 21.5 Å². The highest BCUT2D eigenvalue weighted by Gasteiger charge is 2.18. The molecule has 0 aliphatic carbocycles. The fourth-order valence-corrected chi connectivity index (χ4v) is 2.41. The molecule has 20 heavy (non-hydrogen) atoms. The second-order valence-corrected chi connectivity index (χ2v) is 4.77. The number of aromatic amines is 1. The Bertz CT molecular complexity index is 820. The number of nitrogen functional groups attached to an aromatic ring is 1. The maximum absolute atomic E-state index is 13.8. The van der Waals surface area contributed by atoms with Gasteiger partial charge in [0.15, 0.2) is 5.78 Å². The van der Waals surface area contributed by atoms with E-state index in [0.29, 0.717) is 11.3 Å². The van der Waals surface area contributed by atoms with Crippen molar-refractivity contribution < 1.29 is 9.18 Å². The van der Waals surface area contributed by atoms with Gasteiger partial charge >= 0.3 is 0 Å². The molecule has 3 aromatic rings. The monoisotopic (exact) mass is 268 g/mol. The van der Waals surface area contributed by atoms with Crippen molar-refractivity contribution in [1.82, 2.24) is 4.98 Å². The van der Waals surface area contributed by atoms with Gasteiger partial charge in [0, 0.05) is 28.4 Å². The Morgan fingerprint density at radius 1 is 1.20 bits per heavy atom. The smallest absolute Gasteiger partial charge is 0.198 e. The van der Waals surface area contributed by atoms with Crippen molar-refractivity contribution >= 4 is 22.4 Å². The molecule has 0 amide bonds. The number of nitrogens with two attached hydrogens (primary N) is 1. The number of anilines is 1. The summed E-state index contributed by atoms with van der Waals surface area (Å²) in [6.45, 7) is 1.92. The van der Waals surface area contributed by atoms with Crippen molar-refractivity contribution in [2.45, 2.75) is 6.92 Å². The van der Waals surface area contributed by atoms with Gasteiger partial charge in [-0.15, -0.1) is 0 Å². The van der Waals surface area contributed by atoms with Crippen LogP contribution in [0.4, 0.5) is 10.1 Å². The van der Waals surface area contributed by atoms with Crippen LogP contribution in [0.25, 0.3) is 10.9 Å². The number of carbonyl (C=O) groups is 1. The van der Waals surface area contributed by atoms with E-state index in [1.807, 2.05) is 25.1 Å². The van der Waals surface area contributed by atoms with Crippen molar-refractivity contribution in [2.24, 2.45) is 0 Å². The van der Waals surface area contributed by atoms with Crippen LogP contribution in [0, 0.1) is 12.7 Å². The first-order valence-corrected chi connectivity index (χ1v) is 6.24. The molecule has 3 nitrogen and oxygen atoms in total. The number of hydrogen-bond acceptors (Lipinski definition) is 2. The lowest BCUT2D eigenvalue weighted by Gasteiger charge is -2.04. The Labute approximate surface area is 115 Å². The highest BCUT2D eigenvalue weighted by molar-refractivity contribution is 6.17. The van der Waals surface area contributed by atoms with Crippen LogP contribution in [-0.2, 0) is 0 Å². The second kappa shape index (κ2) is 4.49. The van der Waals surface area contributed by atoms with Crippen LogP contribution in [0.5, 0.6) is 0 Å². The predicted molar refractivity (Wildman–Crippen MR) is 77.3 cm³/mol. The molecule has 1 heterocycles. The molecule has 100 valence electrons. The summed E-state index contributed by atoms with van der Waals surface area (Å²) >= 11 is 0. The largest absolute Gasteiger partial charge is 0.399 e. The van der Waals surface area contributed by atoms with Crippen LogP contribution in [-0.4, -0.2) is 10.8 Å². The molecule has 0 atom stereocenters. The lowest BCUT2D eigenvalue weighted by Crippen LogP contribution is -2.05. The lowest BCUT2D eigenvalue weighted by atomic mass is 9.99. The third-order valence-electron chi connectivity index (χ3n) is 3.39. The molecule has 0 saturated heterocycles. The van der Waals surface area contributed by atoms with E-state index in [1.165, 1.54) is 18.2 Å². The first kappa shape index (κ1) is 12.4. The van der Waals surface area contributed by atoms with Gasteiger partial charge in [-0.3, -0.25) is 4.79 Å². The summed E-state index contributed by atoms with van der Waals surface area (Å²) < 4.78 is 13.8. The average Bonchev–Trinajstić information content (AvgIpc) is 2.86. The van der Waals surface area contributed by atoms with Gasteiger partial charge in [-0.2, -0.15) is 0 Å². The SMILES string of the molecule is Cc1cccc2[nH]cc(C(=O)c3cc(N)ccc3F)c12. The van der Waals surface area contributed by atoms with Gasteiger partial charge in [-0.05, 0) is 36.8 Å². The highest BCUT2D eigenvalue weighted by atomic mass is 19.1. The van der Waals surface area contributed by atoms with Crippen LogP contribution in [0.3, 0.4) is 0 Å². The zero-order valence-corrected chi connectivity index (χ0v) is 10.9. The summed E-state index contributed by atoms with van der Waals surface area (Å²) in [6, 6.07) is 9.73. The summed E-state index contributed by atoms with van der Waals surface area (Å²) in [5, 5.41) is 0.819. The Morgan fingerprint density at radius 2 is 2.00 bits per heavy atom. The number of aromatic nitrogens is 1.